The molecule has 122 valence electrons. The van der Waals surface area contributed by atoms with Gasteiger partial charge in [-0.3, -0.25) is 0 Å². The van der Waals surface area contributed by atoms with Gasteiger partial charge < -0.3 is 0 Å². The number of hydrogen-bond acceptors (Lipinski definition) is 0. The maximum atomic E-state index is 12.8. The molecule has 0 heterocycles. The van der Waals surface area contributed by atoms with Gasteiger partial charge >= 0.3 is 30.4 Å². The Balaban J connectivity index is 6.38. The van der Waals surface area contributed by atoms with E-state index in [0.717, 1.165) is 0 Å². The Bertz CT molecular complexity index is 343. The third kappa shape index (κ3) is 2.51. The van der Waals surface area contributed by atoms with Crippen LogP contribution in [0.25, 0.3) is 0 Å². The fraction of sp³-hybridized carbons (Fsp3) is 1.00. The monoisotopic (exact) mass is 446 g/mol. The predicted molar refractivity (Wildman–Crippen MR) is 44.8 cm³/mol. The van der Waals surface area contributed by atoms with Crippen LogP contribution < -0.4 is 0 Å². The fourth-order valence-electron chi connectivity index (χ4n) is 0.911. The molecular formula is C6F13I. The Hall–Kier alpha value is -0.180. The average Bonchev–Trinajstić information content (AvgIpc) is 2.10. The van der Waals surface area contributed by atoms with Crippen molar-refractivity contribution >= 4 is 22.6 Å². The van der Waals surface area contributed by atoms with Gasteiger partial charge in [-0.2, -0.15) is 57.1 Å². The van der Waals surface area contributed by atoms with E-state index in [9.17, 15) is 57.1 Å². The number of alkyl halides is 14. The van der Waals surface area contributed by atoms with Crippen LogP contribution in [0.1, 0.15) is 0 Å². The van der Waals surface area contributed by atoms with Crippen LogP contribution in [0, 0.1) is 0 Å². The Morgan fingerprint density at radius 1 is 0.400 bits per heavy atom. The molecular weight excluding hydrogens is 446 g/mol. The van der Waals surface area contributed by atoms with Crippen molar-refractivity contribution in [2.24, 2.45) is 0 Å². The average molecular weight is 446 g/mol. The van der Waals surface area contributed by atoms with Crippen molar-refractivity contribution in [3.05, 3.63) is 0 Å². The van der Waals surface area contributed by atoms with Gasteiger partial charge in [0.25, 0.3) is 3.42 Å². The lowest BCUT2D eigenvalue weighted by Gasteiger charge is -2.41. The van der Waals surface area contributed by atoms with Crippen LogP contribution in [0.15, 0.2) is 0 Å². The molecule has 0 spiro atoms. The lowest BCUT2D eigenvalue weighted by molar-refractivity contribution is -0.402. The molecule has 0 aromatic carbocycles. The van der Waals surface area contributed by atoms with E-state index < -0.39 is 56.4 Å². The van der Waals surface area contributed by atoms with Crippen molar-refractivity contribution in [2.45, 2.75) is 33.8 Å². The van der Waals surface area contributed by atoms with Crippen LogP contribution in [-0.4, -0.2) is 33.8 Å². The van der Waals surface area contributed by atoms with Gasteiger partial charge in [-0.15, -0.1) is 0 Å². The molecule has 0 aromatic rings. The summed E-state index contributed by atoms with van der Waals surface area (Å²) in [6, 6.07) is 0. The molecule has 0 amide bonds. The first kappa shape index (κ1) is 19.8. The first-order chi connectivity index (χ1) is 8.25. The van der Waals surface area contributed by atoms with E-state index in [2.05, 4.69) is 0 Å². The molecule has 0 aliphatic carbocycles. The van der Waals surface area contributed by atoms with Crippen LogP contribution in [0.5, 0.6) is 0 Å². The smallest absolute Gasteiger partial charge is 0.197 e. The molecule has 14 heteroatoms. The Morgan fingerprint density at radius 2 is 0.650 bits per heavy atom. The normalized spacial score (nSPS) is 16.5. The van der Waals surface area contributed by atoms with Gasteiger partial charge in [-0.1, -0.05) is 22.6 Å². The third-order valence-electron chi connectivity index (χ3n) is 1.96. The van der Waals surface area contributed by atoms with Crippen molar-refractivity contribution in [3.8, 4) is 0 Å². The van der Waals surface area contributed by atoms with Gasteiger partial charge in [0.1, 0.15) is 0 Å². The highest BCUT2D eigenvalue weighted by atomic mass is 127. The summed E-state index contributed by atoms with van der Waals surface area (Å²) in [5, 5.41) is 0. The first-order valence-electron chi connectivity index (χ1n) is 3.90. The van der Waals surface area contributed by atoms with Crippen molar-refractivity contribution in [1.82, 2.24) is 0 Å². The summed E-state index contributed by atoms with van der Waals surface area (Å²) in [5.74, 6) is -15.1. The molecule has 20 heavy (non-hydrogen) atoms. The molecule has 0 atom stereocenters. The van der Waals surface area contributed by atoms with Crippen LogP contribution in [-0.2, 0) is 0 Å². The Labute approximate surface area is 114 Å². The number of rotatable bonds is 2. The molecule has 0 aliphatic heterocycles. The van der Waals surface area contributed by atoms with Crippen molar-refractivity contribution in [3.63, 3.8) is 0 Å². The second kappa shape index (κ2) is 4.66. The minimum atomic E-state index is -7.55. The quantitative estimate of drug-likeness (QED) is 0.314. The molecule has 0 N–H and O–H groups in total. The highest BCUT2D eigenvalue weighted by Gasteiger charge is 2.91. The fourth-order valence-corrected chi connectivity index (χ4v) is 1.25. The van der Waals surface area contributed by atoms with Crippen LogP contribution >= 0.6 is 22.6 Å². The van der Waals surface area contributed by atoms with Crippen molar-refractivity contribution in [1.29, 1.82) is 0 Å². The lowest BCUT2D eigenvalue weighted by Crippen LogP contribution is -2.71. The van der Waals surface area contributed by atoms with E-state index in [1.807, 2.05) is 0 Å². The van der Waals surface area contributed by atoms with Crippen molar-refractivity contribution < 1.29 is 57.1 Å². The molecule has 0 aromatic heterocycles. The third-order valence-corrected chi connectivity index (χ3v) is 3.86. The van der Waals surface area contributed by atoms with Gasteiger partial charge in [0.15, 0.2) is 0 Å². The van der Waals surface area contributed by atoms with E-state index in [-0.39, 0.29) is 0 Å². The van der Waals surface area contributed by atoms with E-state index >= 15 is 0 Å². The van der Waals surface area contributed by atoms with E-state index in [1.54, 1.807) is 0 Å². The summed E-state index contributed by atoms with van der Waals surface area (Å²) in [6.45, 7) is 0. The minimum absolute atomic E-state index is 1.18. The van der Waals surface area contributed by atoms with Crippen LogP contribution in [0.4, 0.5) is 57.1 Å². The standard InChI is InChI=1S/C6F13I/c7-2(8,3(9,10)6(17,18)19)1(20,4(11,12)13)5(14,15)16. The van der Waals surface area contributed by atoms with Gasteiger partial charge in [-0.05, 0) is 0 Å². The molecule has 0 saturated carbocycles. The molecule has 0 saturated heterocycles. The summed E-state index contributed by atoms with van der Waals surface area (Å²) in [6.07, 6.45) is -21.6. The molecule has 0 bridgehead atoms. The van der Waals surface area contributed by atoms with E-state index in [0.29, 0.717) is 0 Å². The number of hydrogen-bond donors (Lipinski definition) is 0. The van der Waals surface area contributed by atoms with Gasteiger partial charge in [0.2, 0.25) is 0 Å². The molecule has 0 unspecified atom stereocenters. The maximum Gasteiger partial charge on any atom is 0.459 e. The summed E-state index contributed by atoms with van der Waals surface area (Å²) in [7, 11) is 0. The zero-order valence-electron chi connectivity index (χ0n) is 8.29. The largest absolute Gasteiger partial charge is 0.459 e. The lowest BCUT2D eigenvalue weighted by atomic mass is 9.93. The molecule has 0 nitrogen and oxygen atoms in total. The predicted octanol–water partition coefficient (Wildman–Crippen LogP) is 5.12. The van der Waals surface area contributed by atoms with E-state index in [4.69, 9.17) is 0 Å². The summed E-state index contributed by atoms with van der Waals surface area (Å²) in [4.78, 5) is 0. The Kier molecular flexibility index (Phi) is 4.62. The minimum Gasteiger partial charge on any atom is -0.197 e. The molecule has 0 fully saturated rings. The second-order valence-corrected chi connectivity index (χ2v) is 4.92. The summed E-state index contributed by atoms with van der Waals surface area (Å²) >= 11 is -1.18. The zero-order valence-corrected chi connectivity index (χ0v) is 10.4. The van der Waals surface area contributed by atoms with Crippen molar-refractivity contribution in [2.75, 3.05) is 0 Å². The SMILES string of the molecule is FC(F)(F)C(F)(F)C(F)(F)C(I)(C(F)(F)F)C(F)(F)F. The highest BCUT2D eigenvalue weighted by molar-refractivity contribution is 14.1. The van der Waals surface area contributed by atoms with Gasteiger partial charge in [-0.25, -0.2) is 0 Å². The Morgan fingerprint density at radius 3 is 0.800 bits per heavy atom. The van der Waals surface area contributed by atoms with E-state index in [1.165, 1.54) is 0 Å². The second-order valence-electron chi connectivity index (χ2n) is 3.30. The maximum absolute atomic E-state index is 12.8. The van der Waals surface area contributed by atoms with Crippen LogP contribution in [0.3, 0.4) is 0 Å². The zero-order chi connectivity index (χ0) is 17.0. The van der Waals surface area contributed by atoms with Gasteiger partial charge in [0.05, 0.1) is 0 Å². The summed E-state index contributed by atoms with van der Waals surface area (Å²) < 4.78 is 151. The molecule has 0 radical (unpaired) electrons. The molecule has 0 rings (SSSR count). The molecule has 0 aliphatic rings. The number of halogens is 14. The highest BCUT2D eigenvalue weighted by Crippen LogP contribution is 2.64. The summed E-state index contributed by atoms with van der Waals surface area (Å²) in [5.41, 5.74) is 0. The first-order valence-corrected chi connectivity index (χ1v) is 4.97. The van der Waals surface area contributed by atoms with Gasteiger partial charge in [0, 0.05) is 0 Å². The van der Waals surface area contributed by atoms with Crippen LogP contribution in [0.2, 0.25) is 0 Å². The topological polar surface area (TPSA) is 0 Å².